The largest absolute Gasteiger partial charge is 0.389 e. The molecule has 4 heteroatoms. The number of halogens is 1. The predicted octanol–water partition coefficient (Wildman–Crippen LogP) is 1.88. The first kappa shape index (κ1) is 13.9. The molecule has 0 aliphatic carbocycles. The molecule has 0 saturated heterocycles. The molecule has 0 amide bonds. The number of rotatable bonds is 5. The van der Waals surface area contributed by atoms with Crippen molar-refractivity contribution in [3.63, 3.8) is 0 Å². The highest BCUT2D eigenvalue weighted by Gasteiger charge is 2.15. The maximum atomic E-state index is 13.8. The molecule has 0 aliphatic rings. The van der Waals surface area contributed by atoms with Crippen molar-refractivity contribution in [2.45, 2.75) is 13.0 Å². The van der Waals surface area contributed by atoms with E-state index in [0.29, 0.717) is 17.8 Å². The Balaban J connectivity index is 2.94. The molecule has 0 aromatic heterocycles. The van der Waals surface area contributed by atoms with Crippen LogP contribution in [0, 0.1) is 5.82 Å². The van der Waals surface area contributed by atoms with Gasteiger partial charge in [0, 0.05) is 25.7 Å². The third-order valence-electron chi connectivity index (χ3n) is 2.73. The van der Waals surface area contributed by atoms with Crippen LogP contribution in [0.15, 0.2) is 18.2 Å². The van der Waals surface area contributed by atoms with Crippen molar-refractivity contribution in [1.29, 1.82) is 0 Å². The van der Waals surface area contributed by atoms with Crippen molar-refractivity contribution in [3.8, 4) is 0 Å². The van der Waals surface area contributed by atoms with Crippen LogP contribution >= 0.6 is 0 Å². The van der Waals surface area contributed by atoms with E-state index in [1.54, 1.807) is 19.1 Å². The van der Waals surface area contributed by atoms with Gasteiger partial charge < -0.3 is 14.9 Å². The van der Waals surface area contributed by atoms with Gasteiger partial charge in [0.25, 0.3) is 0 Å². The van der Waals surface area contributed by atoms with Crippen molar-refractivity contribution < 1.29 is 9.50 Å². The minimum Gasteiger partial charge on any atom is -0.389 e. The lowest BCUT2D eigenvalue weighted by atomic mass is 10.1. The zero-order valence-corrected chi connectivity index (χ0v) is 10.9. The highest BCUT2D eigenvalue weighted by atomic mass is 19.1. The van der Waals surface area contributed by atoms with Crippen LogP contribution in [-0.2, 0) is 0 Å². The van der Waals surface area contributed by atoms with Crippen molar-refractivity contribution >= 4 is 5.69 Å². The molecule has 1 aromatic carbocycles. The molecule has 1 rings (SSSR count). The van der Waals surface area contributed by atoms with Crippen LogP contribution in [0.1, 0.15) is 18.6 Å². The first-order valence-electron chi connectivity index (χ1n) is 5.75. The van der Waals surface area contributed by atoms with Crippen molar-refractivity contribution in [2.24, 2.45) is 0 Å². The first-order chi connectivity index (χ1) is 7.93. The number of hydrogen-bond acceptors (Lipinski definition) is 3. The summed E-state index contributed by atoms with van der Waals surface area (Å²) in [6.07, 6.45) is -0.664. The summed E-state index contributed by atoms with van der Waals surface area (Å²) >= 11 is 0. The molecule has 1 N–H and O–H groups in total. The molecular formula is C13H21FN2O. The zero-order chi connectivity index (χ0) is 13.0. The van der Waals surface area contributed by atoms with E-state index in [1.807, 2.05) is 30.9 Å². The van der Waals surface area contributed by atoms with E-state index in [4.69, 9.17) is 0 Å². The normalized spacial score (nSPS) is 12.9. The van der Waals surface area contributed by atoms with E-state index in [1.165, 1.54) is 6.07 Å². The Morgan fingerprint density at radius 3 is 2.41 bits per heavy atom. The smallest absolute Gasteiger partial charge is 0.146 e. The molecule has 17 heavy (non-hydrogen) atoms. The molecule has 0 saturated carbocycles. The molecule has 0 aliphatic heterocycles. The molecule has 1 atom stereocenters. The molecule has 0 bridgehead atoms. The van der Waals surface area contributed by atoms with E-state index >= 15 is 0 Å². The van der Waals surface area contributed by atoms with Gasteiger partial charge in [-0.1, -0.05) is 12.1 Å². The number of anilines is 1. The Morgan fingerprint density at radius 1 is 1.24 bits per heavy atom. The van der Waals surface area contributed by atoms with Gasteiger partial charge in [0.1, 0.15) is 5.82 Å². The summed E-state index contributed by atoms with van der Waals surface area (Å²) in [7, 11) is 5.79. The van der Waals surface area contributed by atoms with Crippen molar-refractivity contribution in [1.82, 2.24) is 4.90 Å². The second-order valence-electron chi connectivity index (χ2n) is 4.58. The summed E-state index contributed by atoms with van der Waals surface area (Å²) in [4.78, 5) is 3.89. The molecule has 0 radical (unpaired) electrons. The van der Waals surface area contributed by atoms with Gasteiger partial charge in [0.15, 0.2) is 0 Å². The maximum Gasteiger partial charge on any atom is 0.146 e. The van der Waals surface area contributed by atoms with Gasteiger partial charge >= 0.3 is 0 Å². The average Bonchev–Trinajstić information content (AvgIpc) is 2.25. The van der Waals surface area contributed by atoms with Crippen molar-refractivity contribution in [3.05, 3.63) is 29.6 Å². The number of likely N-dealkylation sites (N-methyl/N-ethyl adjacent to an activating group) is 2. The van der Waals surface area contributed by atoms with Crippen LogP contribution in [0.5, 0.6) is 0 Å². The van der Waals surface area contributed by atoms with E-state index in [9.17, 15) is 9.50 Å². The number of aliphatic hydroxyl groups is 1. The molecule has 96 valence electrons. The van der Waals surface area contributed by atoms with E-state index < -0.39 is 6.10 Å². The minimum atomic E-state index is -0.664. The summed E-state index contributed by atoms with van der Waals surface area (Å²) in [6.45, 7) is 3.20. The molecule has 0 unspecified atom stereocenters. The molecule has 0 fully saturated rings. The van der Waals surface area contributed by atoms with Gasteiger partial charge in [-0.3, -0.25) is 0 Å². The number of aliphatic hydroxyl groups excluding tert-OH is 1. The summed E-state index contributed by atoms with van der Waals surface area (Å²) in [5, 5.41) is 9.65. The summed E-state index contributed by atoms with van der Waals surface area (Å²) in [6, 6.07) is 4.81. The molecule has 0 spiro atoms. The Morgan fingerprint density at radius 2 is 1.88 bits per heavy atom. The van der Waals surface area contributed by atoms with Gasteiger partial charge in [-0.25, -0.2) is 4.39 Å². The Labute approximate surface area is 102 Å². The highest BCUT2D eigenvalue weighted by molar-refractivity contribution is 5.55. The number of hydrogen-bond donors (Lipinski definition) is 1. The summed E-state index contributed by atoms with van der Waals surface area (Å²) in [5.41, 5.74) is 1.12. The third-order valence-corrected chi connectivity index (χ3v) is 2.73. The van der Waals surface area contributed by atoms with E-state index in [0.717, 1.165) is 6.54 Å². The predicted molar refractivity (Wildman–Crippen MR) is 68.9 cm³/mol. The van der Waals surface area contributed by atoms with Crippen LogP contribution in [-0.4, -0.2) is 44.2 Å². The van der Waals surface area contributed by atoms with Gasteiger partial charge in [-0.2, -0.15) is 0 Å². The summed E-state index contributed by atoms with van der Waals surface area (Å²) < 4.78 is 13.8. The van der Waals surface area contributed by atoms with Crippen LogP contribution in [0.4, 0.5) is 10.1 Å². The SMILES string of the molecule is C[C@@H](O)c1cccc(F)c1N(C)CCN(C)C. The average molecular weight is 240 g/mol. The third kappa shape index (κ3) is 3.68. The topological polar surface area (TPSA) is 26.7 Å². The lowest BCUT2D eigenvalue weighted by Crippen LogP contribution is -2.30. The quantitative estimate of drug-likeness (QED) is 0.851. The first-order valence-corrected chi connectivity index (χ1v) is 5.75. The lowest BCUT2D eigenvalue weighted by Gasteiger charge is -2.25. The van der Waals surface area contributed by atoms with Crippen LogP contribution in [0.3, 0.4) is 0 Å². The maximum absolute atomic E-state index is 13.8. The minimum absolute atomic E-state index is 0.287. The van der Waals surface area contributed by atoms with Crippen molar-refractivity contribution in [2.75, 3.05) is 39.1 Å². The Kier molecular flexibility index (Phi) is 4.90. The second-order valence-corrected chi connectivity index (χ2v) is 4.58. The fraction of sp³-hybridized carbons (Fsp3) is 0.538. The molecular weight excluding hydrogens is 219 g/mol. The van der Waals surface area contributed by atoms with Gasteiger partial charge in [0.2, 0.25) is 0 Å². The standard InChI is InChI=1S/C13H21FN2O/c1-10(17)11-6-5-7-12(14)13(11)16(4)9-8-15(2)3/h5-7,10,17H,8-9H2,1-4H3/t10-/m1/s1. The number of benzene rings is 1. The number of nitrogens with zero attached hydrogens (tertiary/aromatic N) is 2. The fourth-order valence-electron chi connectivity index (χ4n) is 1.73. The Bertz CT molecular complexity index is 366. The van der Waals surface area contributed by atoms with E-state index in [2.05, 4.69) is 0 Å². The zero-order valence-electron chi connectivity index (χ0n) is 10.9. The molecule has 3 nitrogen and oxygen atoms in total. The lowest BCUT2D eigenvalue weighted by molar-refractivity contribution is 0.199. The van der Waals surface area contributed by atoms with Crippen LogP contribution < -0.4 is 4.90 Å². The van der Waals surface area contributed by atoms with Gasteiger partial charge in [-0.15, -0.1) is 0 Å². The second kappa shape index (κ2) is 5.98. The highest BCUT2D eigenvalue weighted by Crippen LogP contribution is 2.28. The fourth-order valence-corrected chi connectivity index (χ4v) is 1.73. The molecule has 0 heterocycles. The van der Waals surface area contributed by atoms with Gasteiger partial charge in [0.05, 0.1) is 11.8 Å². The van der Waals surface area contributed by atoms with Crippen LogP contribution in [0.2, 0.25) is 0 Å². The molecule has 1 aromatic rings. The number of para-hydroxylation sites is 1. The van der Waals surface area contributed by atoms with Gasteiger partial charge in [-0.05, 0) is 27.1 Å². The van der Waals surface area contributed by atoms with Crippen LogP contribution in [0.25, 0.3) is 0 Å². The Hall–Kier alpha value is -1.13. The monoisotopic (exact) mass is 240 g/mol. The van der Waals surface area contributed by atoms with E-state index in [-0.39, 0.29) is 5.82 Å². The summed E-state index contributed by atoms with van der Waals surface area (Å²) in [5.74, 6) is -0.287.